The number of nitrogens with two attached hydrogens (primary N) is 2. The topological polar surface area (TPSA) is 127 Å². The van der Waals surface area contributed by atoms with Gasteiger partial charge in [-0.15, -0.1) is 0 Å². The van der Waals surface area contributed by atoms with E-state index in [0.29, 0.717) is 24.5 Å². The van der Waals surface area contributed by atoms with Crippen molar-refractivity contribution in [3.63, 3.8) is 0 Å². The predicted molar refractivity (Wildman–Crippen MR) is 122 cm³/mol. The van der Waals surface area contributed by atoms with Crippen molar-refractivity contribution < 1.29 is 27.5 Å². The maximum Gasteiger partial charge on any atom is 0.341 e. The van der Waals surface area contributed by atoms with Gasteiger partial charge in [-0.25, -0.2) is 27.3 Å². The molecule has 4 rings (SSSR count). The number of hydrogen-bond donors (Lipinski definition) is 3. The van der Waals surface area contributed by atoms with E-state index in [4.69, 9.17) is 23.1 Å². The Bertz CT molecular complexity index is 1470. The number of fused-ring (bicyclic) bond motifs is 1. The number of nitrogen functional groups attached to an aromatic ring is 1. The fourth-order valence-electron chi connectivity index (χ4n) is 4.08. The standard InChI is InChI=1S/C22H18ClF4N5O3/c23-16-17-10(4-12(24)18(16)31-3-1-2-9(7-31)15(27)6-28)19(33)11(22(34)35)8-32(17)21-14(26)5-13(25)20(29)30-21/h4-5,8H,1-3,6-7,28H2,(H2,29,30)(H,34,35)/b15-9+. The van der Waals surface area contributed by atoms with Gasteiger partial charge in [0.05, 0.1) is 21.6 Å². The molecule has 1 aliphatic rings. The first kappa shape index (κ1) is 24.5. The molecule has 1 aromatic carbocycles. The largest absolute Gasteiger partial charge is 0.477 e. The minimum atomic E-state index is -1.68. The number of halogens is 5. The van der Waals surface area contributed by atoms with E-state index in [1.165, 1.54) is 4.90 Å². The molecule has 0 radical (unpaired) electrons. The van der Waals surface area contributed by atoms with E-state index in [2.05, 4.69) is 4.98 Å². The zero-order chi connectivity index (χ0) is 25.6. The second kappa shape index (κ2) is 9.19. The molecule has 8 nitrogen and oxygen atoms in total. The van der Waals surface area contributed by atoms with Crippen LogP contribution < -0.4 is 21.8 Å². The molecule has 5 N–H and O–H groups in total. The lowest BCUT2D eigenvalue weighted by Gasteiger charge is -2.32. The Hall–Kier alpha value is -3.64. The first-order valence-corrected chi connectivity index (χ1v) is 10.7. The molecule has 3 heterocycles. The molecule has 1 saturated heterocycles. The second-order valence-corrected chi connectivity index (χ2v) is 8.24. The van der Waals surface area contributed by atoms with Crippen molar-refractivity contribution in [2.75, 3.05) is 30.3 Å². The molecule has 0 spiro atoms. The Labute approximate surface area is 200 Å². The summed E-state index contributed by atoms with van der Waals surface area (Å²) in [5, 5.41) is 8.60. The predicted octanol–water partition coefficient (Wildman–Crippen LogP) is 3.52. The van der Waals surface area contributed by atoms with E-state index in [1.54, 1.807) is 0 Å². The highest BCUT2D eigenvalue weighted by Gasteiger charge is 2.28. The highest BCUT2D eigenvalue weighted by Crippen LogP contribution is 2.39. The zero-order valence-electron chi connectivity index (χ0n) is 17.9. The summed E-state index contributed by atoms with van der Waals surface area (Å²) in [5.41, 5.74) is 8.78. The van der Waals surface area contributed by atoms with Crippen LogP contribution in [0.5, 0.6) is 0 Å². The molecule has 0 saturated carbocycles. The number of carboxylic acid groups (broad SMARTS) is 1. The number of rotatable bonds is 4. The maximum atomic E-state index is 15.3. The highest BCUT2D eigenvalue weighted by molar-refractivity contribution is 6.38. The Balaban J connectivity index is 2.07. The van der Waals surface area contributed by atoms with Crippen LogP contribution in [-0.2, 0) is 0 Å². The Kier molecular flexibility index (Phi) is 6.43. The summed E-state index contributed by atoms with van der Waals surface area (Å²) in [6.45, 7) is -0.0959. The van der Waals surface area contributed by atoms with Crippen molar-refractivity contribution in [1.82, 2.24) is 9.55 Å². The summed E-state index contributed by atoms with van der Waals surface area (Å²) in [6.07, 6.45) is 1.61. The van der Waals surface area contributed by atoms with E-state index in [-0.39, 0.29) is 35.9 Å². The van der Waals surface area contributed by atoms with E-state index in [0.717, 1.165) is 16.8 Å². The Morgan fingerprint density at radius 3 is 2.57 bits per heavy atom. The average Bonchev–Trinajstić information content (AvgIpc) is 2.81. The van der Waals surface area contributed by atoms with Crippen LogP contribution in [-0.4, -0.2) is 40.3 Å². The van der Waals surface area contributed by atoms with E-state index < -0.39 is 57.3 Å². The number of aromatic carboxylic acids is 1. The molecule has 0 atom stereocenters. The van der Waals surface area contributed by atoms with Crippen molar-refractivity contribution in [3.05, 3.63) is 68.0 Å². The van der Waals surface area contributed by atoms with Gasteiger partial charge in [0.2, 0.25) is 5.43 Å². The lowest BCUT2D eigenvalue weighted by molar-refractivity contribution is 0.0695. The third-order valence-corrected chi connectivity index (χ3v) is 6.08. The quantitative estimate of drug-likeness (QED) is 0.457. The normalized spacial score (nSPS) is 15.5. The fraction of sp³-hybridized carbons (Fsp3) is 0.227. The van der Waals surface area contributed by atoms with E-state index in [9.17, 15) is 27.9 Å². The number of benzene rings is 1. The van der Waals surface area contributed by atoms with Crippen molar-refractivity contribution >= 4 is 40.0 Å². The van der Waals surface area contributed by atoms with Crippen LogP contribution in [0.2, 0.25) is 5.02 Å². The van der Waals surface area contributed by atoms with Gasteiger partial charge in [0.15, 0.2) is 23.3 Å². The van der Waals surface area contributed by atoms with Gasteiger partial charge in [-0.1, -0.05) is 11.6 Å². The average molecular weight is 512 g/mol. The monoisotopic (exact) mass is 511 g/mol. The summed E-state index contributed by atoms with van der Waals surface area (Å²) >= 11 is 6.54. The third kappa shape index (κ3) is 4.19. The zero-order valence-corrected chi connectivity index (χ0v) is 18.7. The van der Waals surface area contributed by atoms with Crippen LogP contribution in [0.1, 0.15) is 23.2 Å². The molecular formula is C22H18ClF4N5O3. The molecule has 1 aliphatic heterocycles. The van der Waals surface area contributed by atoms with Gasteiger partial charge < -0.3 is 21.5 Å². The van der Waals surface area contributed by atoms with Crippen molar-refractivity contribution in [3.8, 4) is 5.82 Å². The van der Waals surface area contributed by atoms with Crippen molar-refractivity contribution in [1.29, 1.82) is 0 Å². The van der Waals surface area contributed by atoms with Gasteiger partial charge in [0, 0.05) is 31.9 Å². The van der Waals surface area contributed by atoms with Gasteiger partial charge in [-0.05, 0) is 24.5 Å². The maximum absolute atomic E-state index is 15.3. The van der Waals surface area contributed by atoms with E-state index in [1.807, 2.05) is 0 Å². The highest BCUT2D eigenvalue weighted by atomic mass is 35.5. The molecule has 35 heavy (non-hydrogen) atoms. The van der Waals surface area contributed by atoms with Crippen molar-refractivity contribution in [2.45, 2.75) is 12.8 Å². The molecule has 1 fully saturated rings. The van der Waals surface area contributed by atoms with Crippen molar-refractivity contribution in [2.24, 2.45) is 5.73 Å². The number of carbonyl (C=O) groups is 1. The molecule has 2 aromatic heterocycles. The van der Waals surface area contributed by atoms with Gasteiger partial charge in [0.1, 0.15) is 17.2 Å². The van der Waals surface area contributed by atoms with Crippen LogP contribution in [0.15, 0.2) is 34.5 Å². The summed E-state index contributed by atoms with van der Waals surface area (Å²) in [5.74, 6) is -6.96. The first-order valence-electron chi connectivity index (χ1n) is 10.3. The molecule has 13 heteroatoms. The molecular weight excluding hydrogens is 494 g/mol. The van der Waals surface area contributed by atoms with Crippen LogP contribution in [0.3, 0.4) is 0 Å². The minimum Gasteiger partial charge on any atom is -0.477 e. The van der Waals surface area contributed by atoms with Crippen LogP contribution in [0, 0.1) is 17.5 Å². The molecule has 0 unspecified atom stereocenters. The number of anilines is 2. The second-order valence-electron chi connectivity index (χ2n) is 7.86. The van der Waals surface area contributed by atoms with Gasteiger partial charge in [0.25, 0.3) is 0 Å². The summed E-state index contributed by atoms with van der Waals surface area (Å²) in [6, 6.07) is 1.20. The number of carboxylic acids is 1. The Morgan fingerprint density at radius 1 is 1.20 bits per heavy atom. The van der Waals surface area contributed by atoms with Crippen LogP contribution in [0.4, 0.5) is 29.1 Å². The number of nitrogens with zero attached hydrogens (tertiary/aromatic N) is 3. The van der Waals surface area contributed by atoms with Gasteiger partial charge in [-0.3, -0.25) is 9.36 Å². The van der Waals surface area contributed by atoms with Gasteiger partial charge >= 0.3 is 5.97 Å². The number of hydrogen-bond acceptors (Lipinski definition) is 6. The summed E-state index contributed by atoms with van der Waals surface area (Å²) in [7, 11) is 0. The fourth-order valence-corrected chi connectivity index (χ4v) is 4.48. The first-order chi connectivity index (χ1) is 16.5. The van der Waals surface area contributed by atoms with Crippen LogP contribution >= 0.6 is 11.6 Å². The number of aromatic nitrogens is 2. The minimum absolute atomic E-state index is 0.0429. The molecule has 3 aromatic rings. The molecule has 184 valence electrons. The summed E-state index contributed by atoms with van der Waals surface area (Å²) < 4.78 is 58.7. The molecule has 0 amide bonds. The molecule has 0 bridgehead atoms. The molecule has 0 aliphatic carbocycles. The van der Waals surface area contributed by atoms with Gasteiger partial charge in [-0.2, -0.15) is 0 Å². The number of piperidine rings is 1. The lowest BCUT2D eigenvalue weighted by Crippen LogP contribution is -2.33. The van der Waals surface area contributed by atoms with E-state index >= 15 is 4.39 Å². The smallest absolute Gasteiger partial charge is 0.341 e. The SMILES string of the molecule is NC/C(F)=C1/CCCN(c2c(F)cc3c(=O)c(C(=O)O)cn(-c4nc(N)c(F)cc4F)c3c2Cl)C1. The Morgan fingerprint density at radius 2 is 1.91 bits per heavy atom. The van der Waals surface area contributed by atoms with Crippen LogP contribution in [0.25, 0.3) is 16.7 Å². The third-order valence-electron chi connectivity index (χ3n) is 5.72. The summed E-state index contributed by atoms with van der Waals surface area (Å²) in [4.78, 5) is 29.6. The lowest BCUT2D eigenvalue weighted by atomic mass is 10.0. The number of pyridine rings is 2.